The van der Waals surface area contributed by atoms with Gasteiger partial charge >= 0.3 is 6.09 Å². The number of nitrogens with one attached hydrogen (secondary N) is 1. The molecular formula is C15H20ClNO3. The van der Waals surface area contributed by atoms with E-state index in [1.54, 1.807) is 18.2 Å². The number of benzene rings is 1. The lowest BCUT2D eigenvalue weighted by atomic mass is 10.2. The Balaban J connectivity index is 2.36. The van der Waals surface area contributed by atoms with Gasteiger partial charge in [0.15, 0.2) is 0 Å². The number of phenols is 1. The quantitative estimate of drug-likeness (QED) is 0.827. The first-order valence-corrected chi connectivity index (χ1v) is 6.78. The summed E-state index contributed by atoms with van der Waals surface area (Å²) >= 11 is 5.94. The van der Waals surface area contributed by atoms with E-state index in [1.807, 2.05) is 26.8 Å². The highest BCUT2D eigenvalue weighted by Crippen LogP contribution is 2.27. The Bertz CT molecular complexity index is 492. The van der Waals surface area contributed by atoms with Crippen LogP contribution in [-0.4, -0.2) is 23.3 Å². The van der Waals surface area contributed by atoms with Gasteiger partial charge in [-0.3, -0.25) is 0 Å². The lowest BCUT2D eigenvalue weighted by Crippen LogP contribution is -2.32. The van der Waals surface area contributed by atoms with Crippen molar-refractivity contribution in [2.75, 3.05) is 6.54 Å². The molecule has 0 aliphatic rings. The van der Waals surface area contributed by atoms with Crippen LogP contribution in [0.3, 0.4) is 0 Å². The largest absolute Gasteiger partial charge is 0.506 e. The number of hydrogen-bond donors (Lipinski definition) is 2. The van der Waals surface area contributed by atoms with E-state index in [0.717, 1.165) is 5.56 Å². The molecular weight excluding hydrogens is 278 g/mol. The maximum atomic E-state index is 11.4. The molecule has 4 nitrogen and oxygen atoms in total. The summed E-state index contributed by atoms with van der Waals surface area (Å²) in [5.41, 5.74) is 0.249. The Morgan fingerprint density at radius 3 is 2.80 bits per heavy atom. The van der Waals surface area contributed by atoms with E-state index >= 15 is 0 Å². The summed E-state index contributed by atoms with van der Waals surface area (Å²) in [6, 6.07) is 5.06. The number of carbonyl (C=O) groups is 1. The van der Waals surface area contributed by atoms with Crippen molar-refractivity contribution in [1.29, 1.82) is 0 Å². The van der Waals surface area contributed by atoms with Gasteiger partial charge in [0, 0.05) is 6.54 Å². The average Bonchev–Trinajstić information content (AvgIpc) is 2.31. The molecule has 2 N–H and O–H groups in total. The molecule has 0 radical (unpaired) electrons. The Labute approximate surface area is 124 Å². The van der Waals surface area contributed by atoms with Crippen molar-refractivity contribution in [2.24, 2.45) is 0 Å². The molecule has 5 heteroatoms. The molecule has 0 fully saturated rings. The molecule has 1 amide bonds. The van der Waals surface area contributed by atoms with Gasteiger partial charge in [-0.2, -0.15) is 0 Å². The number of amides is 1. The van der Waals surface area contributed by atoms with E-state index in [0.29, 0.717) is 18.0 Å². The molecule has 0 saturated carbocycles. The van der Waals surface area contributed by atoms with Crippen LogP contribution >= 0.6 is 11.6 Å². The van der Waals surface area contributed by atoms with Crippen molar-refractivity contribution < 1.29 is 14.6 Å². The van der Waals surface area contributed by atoms with Gasteiger partial charge in [0.25, 0.3) is 0 Å². The van der Waals surface area contributed by atoms with E-state index in [-0.39, 0.29) is 5.75 Å². The second-order valence-electron chi connectivity index (χ2n) is 5.30. The molecule has 1 aromatic rings. The van der Waals surface area contributed by atoms with Crippen LogP contribution in [0, 0.1) is 0 Å². The van der Waals surface area contributed by atoms with Crippen LogP contribution in [0.1, 0.15) is 32.8 Å². The number of rotatable bonds is 4. The predicted octanol–water partition coefficient (Wildman–Crippen LogP) is 3.97. The number of alkyl carbamates (subject to hydrolysis) is 1. The van der Waals surface area contributed by atoms with Crippen molar-refractivity contribution >= 4 is 23.8 Å². The van der Waals surface area contributed by atoms with Crippen LogP contribution in [-0.2, 0) is 4.74 Å². The summed E-state index contributed by atoms with van der Waals surface area (Å²) in [6.45, 7) is 5.92. The van der Waals surface area contributed by atoms with Crippen molar-refractivity contribution in [1.82, 2.24) is 5.32 Å². The Hall–Kier alpha value is -1.68. The van der Waals surface area contributed by atoms with Gasteiger partial charge in [0.2, 0.25) is 0 Å². The number of phenolic OH excluding ortho intramolecular Hbond substituents is 1. The maximum absolute atomic E-state index is 11.4. The number of halogens is 1. The van der Waals surface area contributed by atoms with Crippen LogP contribution in [0.25, 0.3) is 6.08 Å². The predicted molar refractivity (Wildman–Crippen MR) is 81.0 cm³/mol. The molecule has 0 spiro atoms. The van der Waals surface area contributed by atoms with E-state index in [2.05, 4.69) is 5.32 Å². The molecule has 1 aromatic carbocycles. The molecule has 0 aromatic heterocycles. The lowest BCUT2D eigenvalue weighted by molar-refractivity contribution is 0.0529. The third-order valence-electron chi connectivity index (χ3n) is 2.28. The minimum absolute atomic E-state index is 0.0562. The molecule has 1 rings (SSSR count). The van der Waals surface area contributed by atoms with Gasteiger partial charge in [-0.1, -0.05) is 35.9 Å². The Morgan fingerprint density at radius 1 is 1.45 bits per heavy atom. The minimum Gasteiger partial charge on any atom is -0.506 e. The van der Waals surface area contributed by atoms with Gasteiger partial charge in [0.1, 0.15) is 11.4 Å². The first-order valence-electron chi connectivity index (χ1n) is 6.40. The topological polar surface area (TPSA) is 58.6 Å². The van der Waals surface area contributed by atoms with E-state index in [4.69, 9.17) is 16.3 Å². The Kier molecular flexibility index (Phi) is 5.89. The first kappa shape index (κ1) is 16.4. The summed E-state index contributed by atoms with van der Waals surface area (Å²) in [5, 5.41) is 12.4. The monoisotopic (exact) mass is 297 g/mol. The fraction of sp³-hybridized carbons (Fsp3) is 0.400. The number of aromatic hydroxyl groups is 1. The van der Waals surface area contributed by atoms with Gasteiger partial charge < -0.3 is 15.2 Å². The van der Waals surface area contributed by atoms with Crippen LogP contribution in [0.4, 0.5) is 4.79 Å². The zero-order chi connectivity index (χ0) is 15.2. The molecule has 0 aliphatic carbocycles. The molecule has 0 unspecified atom stereocenters. The standard InChI is InChI=1S/C15H20ClNO3/c1-15(2,3)20-14(19)17-10-5-4-7-11-8-6-9-12(18)13(11)16/h4,6-9,18H,5,10H2,1-3H3,(H,17,19). The highest BCUT2D eigenvalue weighted by atomic mass is 35.5. The van der Waals surface area contributed by atoms with Crippen LogP contribution in [0.5, 0.6) is 5.75 Å². The number of carbonyl (C=O) groups excluding carboxylic acids is 1. The first-order chi connectivity index (χ1) is 9.29. The molecule has 0 bridgehead atoms. The average molecular weight is 298 g/mol. The molecule has 0 heterocycles. The van der Waals surface area contributed by atoms with Gasteiger partial charge in [-0.15, -0.1) is 0 Å². The SMILES string of the molecule is CC(C)(C)OC(=O)NCCC=Cc1cccc(O)c1Cl. The van der Waals surface area contributed by atoms with Crippen molar-refractivity contribution in [3.8, 4) is 5.75 Å². The Morgan fingerprint density at radius 2 is 2.15 bits per heavy atom. The fourth-order valence-electron chi connectivity index (χ4n) is 1.45. The zero-order valence-electron chi connectivity index (χ0n) is 11.9. The number of hydrogen-bond acceptors (Lipinski definition) is 3. The highest BCUT2D eigenvalue weighted by molar-refractivity contribution is 6.33. The molecule has 110 valence electrons. The molecule has 0 atom stereocenters. The third kappa shape index (κ3) is 5.97. The minimum atomic E-state index is -0.491. The summed E-state index contributed by atoms with van der Waals surface area (Å²) in [4.78, 5) is 11.4. The normalized spacial score (nSPS) is 11.6. The van der Waals surface area contributed by atoms with Crippen molar-refractivity contribution in [3.63, 3.8) is 0 Å². The highest BCUT2D eigenvalue weighted by Gasteiger charge is 2.15. The van der Waals surface area contributed by atoms with Crippen LogP contribution in [0.15, 0.2) is 24.3 Å². The summed E-state index contributed by atoms with van der Waals surface area (Å²) in [5.74, 6) is 0.0562. The summed E-state index contributed by atoms with van der Waals surface area (Å²) in [6.07, 6.45) is 3.89. The number of ether oxygens (including phenoxy) is 1. The van der Waals surface area contributed by atoms with Crippen molar-refractivity contribution in [3.05, 3.63) is 34.9 Å². The van der Waals surface area contributed by atoms with Crippen molar-refractivity contribution in [2.45, 2.75) is 32.8 Å². The molecule has 20 heavy (non-hydrogen) atoms. The van der Waals surface area contributed by atoms with E-state index in [1.165, 1.54) is 6.07 Å². The van der Waals surface area contributed by atoms with E-state index in [9.17, 15) is 9.90 Å². The van der Waals surface area contributed by atoms with Gasteiger partial charge in [-0.25, -0.2) is 4.79 Å². The molecule has 0 aliphatic heterocycles. The van der Waals surface area contributed by atoms with Gasteiger partial charge in [-0.05, 0) is 38.8 Å². The maximum Gasteiger partial charge on any atom is 0.407 e. The zero-order valence-corrected chi connectivity index (χ0v) is 12.7. The van der Waals surface area contributed by atoms with Crippen LogP contribution in [0.2, 0.25) is 5.02 Å². The third-order valence-corrected chi connectivity index (χ3v) is 2.70. The van der Waals surface area contributed by atoms with E-state index < -0.39 is 11.7 Å². The summed E-state index contributed by atoms with van der Waals surface area (Å²) < 4.78 is 5.11. The second-order valence-corrected chi connectivity index (χ2v) is 5.68. The summed E-state index contributed by atoms with van der Waals surface area (Å²) in [7, 11) is 0. The smallest absolute Gasteiger partial charge is 0.407 e. The molecule has 0 saturated heterocycles. The van der Waals surface area contributed by atoms with Crippen LogP contribution < -0.4 is 5.32 Å². The second kappa shape index (κ2) is 7.20. The lowest BCUT2D eigenvalue weighted by Gasteiger charge is -2.19. The fourth-order valence-corrected chi connectivity index (χ4v) is 1.64. The van der Waals surface area contributed by atoms with Gasteiger partial charge in [0.05, 0.1) is 5.02 Å².